The SMILES string of the molecule is COc1cc(/C=N\NC(=O)c2cc(O)ccc2O)ccc1OCc1ccccc1. The summed E-state index contributed by atoms with van der Waals surface area (Å²) in [6.45, 7) is 0.411. The van der Waals surface area contributed by atoms with Crippen LogP contribution in [-0.2, 0) is 6.61 Å². The van der Waals surface area contributed by atoms with Crippen molar-refractivity contribution in [3.8, 4) is 23.0 Å². The average molecular weight is 392 g/mol. The maximum atomic E-state index is 12.1. The van der Waals surface area contributed by atoms with Crippen LogP contribution in [0.5, 0.6) is 23.0 Å². The second-order valence-electron chi connectivity index (χ2n) is 6.09. The number of hydrogen-bond donors (Lipinski definition) is 3. The summed E-state index contributed by atoms with van der Waals surface area (Å²) in [6, 6.07) is 18.7. The first-order chi connectivity index (χ1) is 14.1. The van der Waals surface area contributed by atoms with Crippen molar-refractivity contribution in [2.75, 3.05) is 7.11 Å². The van der Waals surface area contributed by atoms with Crippen molar-refractivity contribution in [2.24, 2.45) is 5.10 Å². The van der Waals surface area contributed by atoms with Crippen molar-refractivity contribution in [1.82, 2.24) is 5.43 Å². The highest BCUT2D eigenvalue weighted by molar-refractivity contribution is 5.97. The lowest BCUT2D eigenvalue weighted by molar-refractivity contribution is 0.0952. The Kier molecular flexibility index (Phi) is 6.32. The van der Waals surface area contributed by atoms with Gasteiger partial charge in [0, 0.05) is 0 Å². The Balaban J connectivity index is 1.65. The molecular weight excluding hydrogens is 372 g/mol. The van der Waals surface area contributed by atoms with E-state index in [0.717, 1.165) is 11.6 Å². The molecule has 0 radical (unpaired) electrons. The van der Waals surface area contributed by atoms with Crippen molar-refractivity contribution in [1.29, 1.82) is 0 Å². The number of phenolic OH excluding ortho intramolecular Hbond substituents is 2. The fourth-order valence-corrected chi connectivity index (χ4v) is 2.55. The summed E-state index contributed by atoms with van der Waals surface area (Å²) in [5.74, 6) is 0.0818. The summed E-state index contributed by atoms with van der Waals surface area (Å²) in [5, 5.41) is 23.0. The van der Waals surface area contributed by atoms with E-state index in [2.05, 4.69) is 10.5 Å². The number of nitrogens with zero attached hydrogens (tertiary/aromatic N) is 1. The Morgan fingerprint density at radius 2 is 1.83 bits per heavy atom. The van der Waals surface area contributed by atoms with Crippen LogP contribution in [0.3, 0.4) is 0 Å². The number of amides is 1. The smallest absolute Gasteiger partial charge is 0.275 e. The molecule has 0 heterocycles. The van der Waals surface area contributed by atoms with E-state index in [1.807, 2.05) is 30.3 Å². The fraction of sp³-hybridized carbons (Fsp3) is 0.0909. The lowest BCUT2D eigenvalue weighted by atomic mass is 10.2. The molecule has 0 unspecified atom stereocenters. The number of aromatic hydroxyl groups is 2. The van der Waals surface area contributed by atoms with E-state index in [0.29, 0.717) is 23.7 Å². The van der Waals surface area contributed by atoms with Crippen LogP contribution >= 0.6 is 0 Å². The second kappa shape index (κ2) is 9.27. The summed E-state index contributed by atoms with van der Waals surface area (Å²) < 4.78 is 11.2. The fourth-order valence-electron chi connectivity index (χ4n) is 2.55. The van der Waals surface area contributed by atoms with E-state index >= 15 is 0 Å². The Morgan fingerprint density at radius 3 is 2.59 bits per heavy atom. The Labute approximate surface area is 167 Å². The molecule has 0 aliphatic carbocycles. The molecule has 3 rings (SSSR count). The van der Waals surface area contributed by atoms with E-state index in [1.54, 1.807) is 18.2 Å². The molecule has 0 aliphatic rings. The molecule has 29 heavy (non-hydrogen) atoms. The average Bonchev–Trinajstić information content (AvgIpc) is 2.75. The monoisotopic (exact) mass is 392 g/mol. The summed E-state index contributed by atoms with van der Waals surface area (Å²) in [4.78, 5) is 12.1. The van der Waals surface area contributed by atoms with Crippen molar-refractivity contribution < 1.29 is 24.5 Å². The van der Waals surface area contributed by atoms with E-state index in [1.165, 1.54) is 25.5 Å². The standard InChI is InChI=1S/C22H20N2O5/c1-28-21-11-16(7-10-20(21)29-14-15-5-3-2-4-6-15)13-23-24-22(27)18-12-17(25)8-9-19(18)26/h2-13,25-26H,14H2,1H3,(H,24,27)/b23-13-. The van der Waals surface area contributed by atoms with Gasteiger partial charge in [-0.05, 0) is 47.5 Å². The van der Waals surface area contributed by atoms with Crippen molar-refractivity contribution in [3.05, 3.63) is 83.4 Å². The second-order valence-corrected chi connectivity index (χ2v) is 6.09. The summed E-state index contributed by atoms with van der Waals surface area (Å²) in [6.07, 6.45) is 1.43. The van der Waals surface area contributed by atoms with Crippen molar-refractivity contribution in [2.45, 2.75) is 6.61 Å². The highest BCUT2D eigenvalue weighted by Gasteiger charge is 2.11. The maximum Gasteiger partial charge on any atom is 0.275 e. The summed E-state index contributed by atoms with van der Waals surface area (Å²) in [7, 11) is 1.54. The Hall–Kier alpha value is -4.00. The molecule has 148 valence electrons. The topological polar surface area (TPSA) is 100 Å². The molecule has 0 spiro atoms. The molecule has 7 heteroatoms. The number of nitrogens with one attached hydrogen (secondary N) is 1. The first-order valence-electron chi connectivity index (χ1n) is 8.77. The highest BCUT2D eigenvalue weighted by Crippen LogP contribution is 2.28. The number of hydrogen-bond acceptors (Lipinski definition) is 6. The minimum atomic E-state index is -0.649. The molecule has 0 aliphatic heterocycles. The normalized spacial score (nSPS) is 10.7. The van der Waals surface area contributed by atoms with Gasteiger partial charge in [0.1, 0.15) is 18.1 Å². The summed E-state index contributed by atoms with van der Waals surface area (Å²) in [5.41, 5.74) is 3.94. The summed E-state index contributed by atoms with van der Waals surface area (Å²) >= 11 is 0. The Bertz CT molecular complexity index is 1020. The van der Waals surface area contributed by atoms with Gasteiger partial charge in [0.05, 0.1) is 18.9 Å². The van der Waals surface area contributed by atoms with Gasteiger partial charge in [-0.1, -0.05) is 30.3 Å². The van der Waals surface area contributed by atoms with Crippen LogP contribution in [0.1, 0.15) is 21.5 Å². The molecule has 0 atom stereocenters. The zero-order valence-electron chi connectivity index (χ0n) is 15.7. The molecule has 0 saturated carbocycles. The molecule has 3 N–H and O–H groups in total. The molecule has 0 saturated heterocycles. The largest absolute Gasteiger partial charge is 0.508 e. The lowest BCUT2D eigenvalue weighted by Gasteiger charge is -2.11. The zero-order chi connectivity index (χ0) is 20.6. The molecule has 0 aromatic heterocycles. The van der Waals surface area contributed by atoms with E-state index in [4.69, 9.17) is 9.47 Å². The van der Waals surface area contributed by atoms with Crippen LogP contribution in [0.25, 0.3) is 0 Å². The van der Waals surface area contributed by atoms with Gasteiger partial charge in [0.2, 0.25) is 0 Å². The predicted octanol–water partition coefficient (Wildman–Crippen LogP) is 3.45. The quantitative estimate of drug-likeness (QED) is 0.325. The van der Waals surface area contributed by atoms with Gasteiger partial charge in [0.15, 0.2) is 11.5 Å². The van der Waals surface area contributed by atoms with Crippen LogP contribution in [-0.4, -0.2) is 29.4 Å². The van der Waals surface area contributed by atoms with Crippen molar-refractivity contribution in [3.63, 3.8) is 0 Å². The van der Waals surface area contributed by atoms with Gasteiger partial charge in [-0.3, -0.25) is 4.79 Å². The van der Waals surface area contributed by atoms with Gasteiger partial charge < -0.3 is 19.7 Å². The minimum Gasteiger partial charge on any atom is -0.508 e. The van der Waals surface area contributed by atoms with E-state index in [-0.39, 0.29) is 17.1 Å². The maximum absolute atomic E-state index is 12.1. The number of methoxy groups -OCH3 is 1. The van der Waals surface area contributed by atoms with Crippen LogP contribution in [0.15, 0.2) is 71.8 Å². The first kappa shape index (κ1) is 19.8. The third kappa shape index (κ3) is 5.26. The van der Waals surface area contributed by atoms with Gasteiger partial charge >= 0.3 is 0 Å². The molecule has 7 nitrogen and oxygen atoms in total. The molecule has 1 amide bonds. The Morgan fingerprint density at radius 1 is 1.03 bits per heavy atom. The van der Waals surface area contributed by atoms with Gasteiger partial charge in [-0.25, -0.2) is 5.43 Å². The number of phenols is 2. The molecule has 0 bridgehead atoms. The third-order valence-electron chi connectivity index (χ3n) is 4.03. The number of rotatable bonds is 7. The number of carbonyl (C=O) groups is 1. The molecule has 3 aromatic carbocycles. The van der Waals surface area contributed by atoms with Crippen molar-refractivity contribution >= 4 is 12.1 Å². The van der Waals surface area contributed by atoms with Crippen LogP contribution in [0.2, 0.25) is 0 Å². The van der Waals surface area contributed by atoms with E-state index in [9.17, 15) is 15.0 Å². The van der Waals surface area contributed by atoms with E-state index < -0.39 is 5.91 Å². The first-order valence-corrected chi connectivity index (χ1v) is 8.77. The molecule has 0 fully saturated rings. The van der Waals surface area contributed by atoms with Crippen LogP contribution in [0, 0.1) is 0 Å². The number of ether oxygens (including phenoxy) is 2. The predicted molar refractivity (Wildman–Crippen MR) is 109 cm³/mol. The number of benzene rings is 3. The van der Waals surface area contributed by atoms with Gasteiger partial charge in [-0.2, -0.15) is 5.10 Å². The minimum absolute atomic E-state index is 0.0793. The van der Waals surface area contributed by atoms with Gasteiger partial charge in [0.25, 0.3) is 5.91 Å². The zero-order valence-corrected chi connectivity index (χ0v) is 15.7. The highest BCUT2D eigenvalue weighted by atomic mass is 16.5. The lowest BCUT2D eigenvalue weighted by Crippen LogP contribution is -2.17. The number of carbonyl (C=O) groups excluding carboxylic acids is 1. The third-order valence-corrected chi connectivity index (χ3v) is 4.03. The van der Waals surface area contributed by atoms with Crippen LogP contribution in [0.4, 0.5) is 0 Å². The number of hydrazone groups is 1. The molecular formula is C22H20N2O5. The molecule has 3 aromatic rings. The van der Waals surface area contributed by atoms with Crippen LogP contribution < -0.4 is 14.9 Å². The van der Waals surface area contributed by atoms with Gasteiger partial charge in [-0.15, -0.1) is 0 Å².